The number of likely N-dealkylation sites (tertiary alicyclic amines) is 1. The maximum absolute atomic E-state index is 9.10. The Morgan fingerprint density at radius 3 is 2.33 bits per heavy atom. The molecular weight excluding hydrogens is 350 g/mol. The lowest BCUT2D eigenvalue weighted by Gasteiger charge is -2.21. The Hall–Kier alpha value is -2.09. The van der Waals surface area contributed by atoms with Crippen LogP contribution in [0.2, 0.25) is 0 Å². The fourth-order valence-corrected chi connectivity index (χ4v) is 3.57. The lowest BCUT2D eigenvalue weighted by Crippen LogP contribution is -2.20. The first-order valence-corrected chi connectivity index (χ1v) is 9.93. The third kappa shape index (κ3) is 7.99. The minimum Gasteiger partial charge on any atom is -0.477 e. The monoisotopic (exact) mass is 381 g/mol. The van der Waals surface area contributed by atoms with Crippen LogP contribution >= 0.6 is 0 Å². The molecule has 1 aromatic rings. The van der Waals surface area contributed by atoms with Crippen molar-refractivity contribution in [2.45, 2.75) is 63.8 Å². The Morgan fingerprint density at radius 1 is 1.04 bits per heavy atom. The highest BCUT2D eigenvalue weighted by atomic mass is 16.5. The Labute approximate surface area is 160 Å². The highest BCUT2D eigenvalue weighted by Gasteiger charge is 2.16. The fraction of sp³-hybridized carbons (Fsp3) is 0.737. The van der Waals surface area contributed by atoms with E-state index in [-0.39, 0.29) is 0 Å². The summed E-state index contributed by atoms with van der Waals surface area (Å²) in [4.78, 5) is 20.8. The normalized spacial score (nSPS) is 17.9. The molecule has 3 rings (SSSR count). The summed E-state index contributed by atoms with van der Waals surface area (Å²) in [6.45, 7) is 4.63. The number of unbranched alkanes of at least 4 members (excludes halogenated alkanes) is 1. The molecule has 8 nitrogen and oxygen atoms in total. The van der Waals surface area contributed by atoms with E-state index in [4.69, 9.17) is 24.5 Å². The minimum atomic E-state index is -1.82. The van der Waals surface area contributed by atoms with Gasteiger partial charge in [0.1, 0.15) is 0 Å². The van der Waals surface area contributed by atoms with Crippen LogP contribution in [-0.4, -0.2) is 63.1 Å². The van der Waals surface area contributed by atoms with Gasteiger partial charge in [0, 0.05) is 12.3 Å². The average molecular weight is 381 g/mol. The maximum atomic E-state index is 9.10. The number of nitrogens with zero attached hydrogens (tertiary/aromatic N) is 3. The van der Waals surface area contributed by atoms with E-state index in [0.29, 0.717) is 6.04 Å². The Kier molecular flexibility index (Phi) is 9.10. The van der Waals surface area contributed by atoms with Crippen molar-refractivity contribution in [1.29, 1.82) is 0 Å². The second-order valence-electron chi connectivity index (χ2n) is 7.14. The van der Waals surface area contributed by atoms with Gasteiger partial charge in [0.2, 0.25) is 5.88 Å². The number of aromatic nitrogens is 2. The predicted molar refractivity (Wildman–Crippen MR) is 100 cm³/mol. The van der Waals surface area contributed by atoms with Gasteiger partial charge in [-0.3, -0.25) is 4.68 Å². The van der Waals surface area contributed by atoms with E-state index < -0.39 is 11.9 Å². The van der Waals surface area contributed by atoms with Gasteiger partial charge in [0.25, 0.3) is 0 Å². The van der Waals surface area contributed by atoms with E-state index in [2.05, 4.69) is 20.9 Å². The van der Waals surface area contributed by atoms with Crippen molar-refractivity contribution in [1.82, 2.24) is 14.7 Å². The van der Waals surface area contributed by atoms with Gasteiger partial charge in [0.15, 0.2) is 0 Å². The molecule has 2 fully saturated rings. The molecule has 0 spiro atoms. The molecule has 1 aliphatic carbocycles. The van der Waals surface area contributed by atoms with Crippen LogP contribution in [0.3, 0.4) is 0 Å². The van der Waals surface area contributed by atoms with Gasteiger partial charge >= 0.3 is 11.9 Å². The van der Waals surface area contributed by atoms with Crippen molar-refractivity contribution in [3.05, 3.63) is 12.3 Å². The van der Waals surface area contributed by atoms with Crippen LogP contribution < -0.4 is 4.74 Å². The van der Waals surface area contributed by atoms with E-state index in [0.717, 1.165) is 18.9 Å². The molecule has 1 saturated heterocycles. The molecule has 0 unspecified atom stereocenters. The summed E-state index contributed by atoms with van der Waals surface area (Å²) < 4.78 is 7.92. The molecule has 27 heavy (non-hydrogen) atoms. The van der Waals surface area contributed by atoms with Crippen LogP contribution in [0.4, 0.5) is 0 Å². The number of carbonyl (C=O) groups is 2. The molecule has 8 heteroatoms. The second-order valence-corrected chi connectivity index (χ2v) is 7.14. The lowest BCUT2D eigenvalue weighted by atomic mass is 9.96. The Bertz CT molecular complexity index is 566. The first kappa shape index (κ1) is 21.2. The molecule has 1 aliphatic heterocycles. The number of carboxylic acid groups (broad SMARTS) is 2. The molecule has 2 N–H and O–H groups in total. The van der Waals surface area contributed by atoms with Crippen molar-refractivity contribution >= 4 is 11.9 Å². The first-order chi connectivity index (χ1) is 13.1. The summed E-state index contributed by atoms with van der Waals surface area (Å²) in [5.74, 6) is -2.84. The molecule has 1 aromatic heterocycles. The number of rotatable bonds is 7. The largest absolute Gasteiger partial charge is 0.477 e. The molecule has 2 heterocycles. The Morgan fingerprint density at radius 2 is 1.70 bits per heavy atom. The van der Waals surface area contributed by atoms with Gasteiger partial charge in [-0.15, -0.1) is 5.10 Å². The molecule has 1 saturated carbocycles. The third-order valence-corrected chi connectivity index (χ3v) is 5.03. The van der Waals surface area contributed by atoms with Crippen molar-refractivity contribution in [3.8, 4) is 5.88 Å². The van der Waals surface area contributed by atoms with E-state index >= 15 is 0 Å². The molecule has 2 aliphatic rings. The summed E-state index contributed by atoms with van der Waals surface area (Å²) in [5, 5.41) is 19.4. The molecule has 152 valence electrons. The van der Waals surface area contributed by atoms with Gasteiger partial charge in [-0.05, 0) is 58.2 Å². The summed E-state index contributed by atoms with van der Waals surface area (Å²) in [5.41, 5.74) is 0. The van der Waals surface area contributed by atoms with Crippen LogP contribution in [0.15, 0.2) is 12.3 Å². The molecule has 0 amide bonds. The summed E-state index contributed by atoms with van der Waals surface area (Å²) in [6.07, 6.45) is 13.9. The average Bonchev–Trinajstić information content (AvgIpc) is 3.34. The van der Waals surface area contributed by atoms with Crippen LogP contribution in [-0.2, 0) is 9.59 Å². The van der Waals surface area contributed by atoms with Crippen molar-refractivity contribution < 1.29 is 24.5 Å². The van der Waals surface area contributed by atoms with Crippen LogP contribution in [0.25, 0.3) is 0 Å². The SMILES string of the molecule is O=C(O)C(=O)O.c1cn(C2CCCCC2)nc1OCCCCN1CCCC1. The number of ether oxygens (including phenoxy) is 1. The lowest BCUT2D eigenvalue weighted by molar-refractivity contribution is -0.159. The van der Waals surface area contributed by atoms with Crippen LogP contribution in [0, 0.1) is 0 Å². The highest BCUT2D eigenvalue weighted by molar-refractivity contribution is 6.27. The van der Waals surface area contributed by atoms with Crippen molar-refractivity contribution in [2.75, 3.05) is 26.2 Å². The summed E-state index contributed by atoms with van der Waals surface area (Å²) >= 11 is 0. The van der Waals surface area contributed by atoms with Crippen LogP contribution in [0.5, 0.6) is 5.88 Å². The third-order valence-electron chi connectivity index (χ3n) is 5.03. The number of hydrogen-bond donors (Lipinski definition) is 2. The van der Waals surface area contributed by atoms with Gasteiger partial charge < -0.3 is 19.8 Å². The molecule has 0 radical (unpaired) electrons. The summed E-state index contributed by atoms with van der Waals surface area (Å²) in [7, 11) is 0. The van der Waals surface area contributed by atoms with Gasteiger partial charge in [-0.25, -0.2) is 9.59 Å². The molecule has 0 aromatic carbocycles. The van der Waals surface area contributed by atoms with E-state index in [1.54, 1.807) is 0 Å². The minimum absolute atomic E-state index is 0.603. The quantitative estimate of drug-likeness (QED) is 0.553. The van der Waals surface area contributed by atoms with E-state index in [1.165, 1.54) is 71.0 Å². The zero-order valence-corrected chi connectivity index (χ0v) is 15.9. The van der Waals surface area contributed by atoms with Gasteiger partial charge in [-0.1, -0.05) is 19.3 Å². The maximum Gasteiger partial charge on any atom is 0.414 e. The fourth-order valence-electron chi connectivity index (χ4n) is 3.57. The molecule has 0 bridgehead atoms. The zero-order chi connectivity index (χ0) is 19.5. The Balaban J connectivity index is 0.000000380. The van der Waals surface area contributed by atoms with Crippen LogP contribution in [0.1, 0.15) is 63.8 Å². The smallest absolute Gasteiger partial charge is 0.414 e. The predicted octanol–water partition coefficient (Wildman–Crippen LogP) is 2.80. The standard InChI is InChI=1S/C17H29N3O.C2H2O4/c1-2-8-16(9-3-1)20-14-10-17(18-20)21-15-7-6-13-19-11-4-5-12-19;3-1(4)2(5)6/h10,14,16H,1-9,11-13,15H2;(H,3,4)(H,5,6). The number of hydrogen-bond acceptors (Lipinski definition) is 5. The number of aliphatic carboxylic acids is 2. The summed E-state index contributed by atoms with van der Waals surface area (Å²) in [6, 6.07) is 2.63. The highest BCUT2D eigenvalue weighted by Crippen LogP contribution is 2.28. The zero-order valence-electron chi connectivity index (χ0n) is 15.9. The molecule has 0 atom stereocenters. The van der Waals surface area contributed by atoms with Crippen molar-refractivity contribution in [3.63, 3.8) is 0 Å². The first-order valence-electron chi connectivity index (χ1n) is 9.93. The number of carboxylic acids is 2. The molecular formula is C19H31N3O5. The van der Waals surface area contributed by atoms with Crippen molar-refractivity contribution in [2.24, 2.45) is 0 Å². The van der Waals surface area contributed by atoms with Gasteiger partial charge in [-0.2, -0.15) is 0 Å². The topological polar surface area (TPSA) is 105 Å². The van der Waals surface area contributed by atoms with Gasteiger partial charge in [0.05, 0.1) is 12.6 Å². The second kappa shape index (κ2) is 11.6. The van der Waals surface area contributed by atoms with E-state index in [1.807, 2.05) is 6.07 Å². The van der Waals surface area contributed by atoms with E-state index in [9.17, 15) is 0 Å².